The van der Waals surface area contributed by atoms with Crippen molar-refractivity contribution < 1.29 is 10.0 Å². The Bertz CT molecular complexity index is 534. The zero-order valence-corrected chi connectivity index (χ0v) is 11.4. The maximum Gasteiger partial charge on any atom is 0.293 e. The van der Waals surface area contributed by atoms with E-state index in [9.17, 15) is 10.1 Å². The average Bonchev–Trinajstić information content (AvgIpc) is 2.81. The van der Waals surface area contributed by atoms with Crippen LogP contribution in [0.15, 0.2) is 24.3 Å². The van der Waals surface area contributed by atoms with Crippen molar-refractivity contribution in [2.45, 2.75) is 12.5 Å². The largest absolute Gasteiger partial charge is 0.396 e. The molecule has 0 aliphatic heterocycles. The van der Waals surface area contributed by atoms with Crippen LogP contribution >= 0.6 is 23.2 Å². The Hall–Kier alpha value is -1.30. The summed E-state index contributed by atoms with van der Waals surface area (Å²) in [6.07, 6.45) is 4.46. The van der Waals surface area contributed by atoms with E-state index >= 15 is 0 Å². The quantitative estimate of drug-likeness (QED) is 0.508. The fourth-order valence-corrected chi connectivity index (χ4v) is 2.34. The molecule has 0 saturated carbocycles. The van der Waals surface area contributed by atoms with Crippen molar-refractivity contribution >= 4 is 34.6 Å². The molecule has 0 radical (unpaired) electrons. The lowest BCUT2D eigenvalue weighted by Crippen LogP contribution is -2.17. The minimum atomic E-state index is -0.507. The van der Waals surface area contributed by atoms with Gasteiger partial charge >= 0.3 is 0 Å². The van der Waals surface area contributed by atoms with Gasteiger partial charge in [-0.3, -0.25) is 10.1 Å². The number of nitrogens with zero attached hydrogens (tertiary/aromatic N) is 1. The normalized spacial score (nSPS) is 21.6. The first-order chi connectivity index (χ1) is 9.01. The van der Waals surface area contributed by atoms with Crippen LogP contribution in [0.4, 0.5) is 11.4 Å². The number of anilines is 1. The highest BCUT2D eigenvalue weighted by Gasteiger charge is 2.22. The molecule has 19 heavy (non-hydrogen) atoms. The lowest BCUT2D eigenvalue weighted by molar-refractivity contribution is -0.384. The Balaban J connectivity index is 2.23. The van der Waals surface area contributed by atoms with Gasteiger partial charge in [-0.15, -0.1) is 0 Å². The summed E-state index contributed by atoms with van der Waals surface area (Å²) in [4.78, 5) is 10.5. The highest BCUT2D eigenvalue weighted by molar-refractivity contribution is 6.42. The molecule has 0 saturated heterocycles. The van der Waals surface area contributed by atoms with Crippen molar-refractivity contribution in [2.75, 3.05) is 11.9 Å². The van der Waals surface area contributed by atoms with Crippen molar-refractivity contribution in [3.05, 3.63) is 44.4 Å². The van der Waals surface area contributed by atoms with Crippen molar-refractivity contribution in [3.63, 3.8) is 0 Å². The van der Waals surface area contributed by atoms with Crippen LogP contribution in [0.25, 0.3) is 0 Å². The van der Waals surface area contributed by atoms with Crippen LogP contribution in [-0.4, -0.2) is 22.7 Å². The third kappa shape index (κ3) is 3.18. The van der Waals surface area contributed by atoms with E-state index in [0.29, 0.717) is 12.1 Å². The molecular formula is C12H12Cl2N2O3. The first-order valence-corrected chi connectivity index (χ1v) is 6.46. The molecule has 1 aromatic carbocycles. The first kappa shape index (κ1) is 14.1. The van der Waals surface area contributed by atoms with Crippen LogP contribution in [0.5, 0.6) is 0 Å². The number of halogens is 2. The van der Waals surface area contributed by atoms with Crippen LogP contribution in [0, 0.1) is 16.0 Å². The molecule has 0 fully saturated rings. The van der Waals surface area contributed by atoms with E-state index in [0.717, 1.165) is 0 Å². The summed E-state index contributed by atoms with van der Waals surface area (Å²) >= 11 is 11.7. The number of nitro benzene ring substituents is 1. The Morgan fingerprint density at radius 1 is 1.37 bits per heavy atom. The summed E-state index contributed by atoms with van der Waals surface area (Å²) < 4.78 is 0. The Morgan fingerprint density at radius 2 is 2.05 bits per heavy atom. The molecule has 1 aromatic rings. The molecule has 1 aliphatic rings. The first-order valence-electron chi connectivity index (χ1n) is 5.70. The van der Waals surface area contributed by atoms with Gasteiger partial charge in [0.15, 0.2) is 0 Å². The molecule has 0 spiro atoms. The third-order valence-corrected chi connectivity index (χ3v) is 3.71. The van der Waals surface area contributed by atoms with Crippen LogP contribution in [0.3, 0.4) is 0 Å². The highest BCUT2D eigenvalue weighted by atomic mass is 35.5. The fourth-order valence-electron chi connectivity index (χ4n) is 2.02. The summed E-state index contributed by atoms with van der Waals surface area (Å²) in [7, 11) is 0. The van der Waals surface area contributed by atoms with E-state index in [1.807, 2.05) is 12.2 Å². The number of hydrogen-bond acceptors (Lipinski definition) is 4. The van der Waals surface area contributed by atoms with Gasteiger partial charge in [0.05, 0.1) is 15.0 Å². The van der Waals surface area contributed by atoms with Crippen LogP contribution in [0.1, 0.15) is 6.42 Å². The van der Waals surface area contributed by atoms with Gasteiger partial charge in [-0.2, -0.15) is 0 Å². The molecule has 2 N–H and O–H groups in total. The summed E-state index contributed by atoms with van der Waals surface area (Å²) in [5, 5.41) is 23.5. The zero-order valence-electron chi connectivity index (χ0n) is 9.85. The van der Waals surface area contributed by atoms with E-state index in [1.165, 1.54) is 12.1 Å². The summed E-state index contributed by atoms with van der Waals surface area (Å²) in [5.74, 6) is 0.0827. The second kappa shape index (κ2) is 5.77. The lowest BCUT2D eigenvalue weighted by Gasteiger charge is -2.14. The van der Waals surface area contributed by atoms with Gasteiger partial charge in [0, 0.05) is 24.6 Å². The van der Waals surface area contributed by atoms with Crippen LogP contribution in [0.2, 0.25) is 10.0 Å². The number of nitrogens with one attached hydrogen (secondary N) is 1. The van der Waals surface area contributed by atoms with Crippen molar-refractivity contribution in [3.8, 4) is 0 Å². The molecule has 1 aliphatic carbocycles. The smallest absolute Gasteiger partial charge is 0.293 e. The number of aliphatic hydroxyl groups is 1. The topological polar surface area (TPSA) is 75.4 Å². The predicted molar refractivity (Wildman–Crippen MR) is 74.9 cm³/mol. The highest BCUT2D eigenvalue weighted by Crippen LogP contribution is 2.35. The van der Waals surface area contributed by atoms with E-state index < -0.39 is 4.92 Å². The molecule has 0 bridgehead atoms. The molecule has 102 valence electrons. The van der Waals surface area contributed by atoms with Gasteiger partial charge in [-0.25, -0.2) is 0 Å². The maximum absolute atomic E-state index is 11.0. The molecule has 2 atom stereocenters. The zero-order chi connectivity index (χ0) is 14.0. The maximum atomic E-state index is 11.0. The minimum absolute atomic E-state index is 0.0620. The number of rotatable bonds is 4. The van der Waals surface area contributed by atoms with Gasteiger partial charge in [-0.1, -0.05) is 35.4 Å². The van der Waals surface area contributed by atoms with E-state index in [2.05, 4.69) is 5.32 Å². The predicted octanol–water partition coefficient (Wildman–Crippen LogP) is 3.25. The molecule has 2 unspecified atom stereocenters. The summed E-state index contributed by atoms with van der Waals surface area (Å²) in [6, 6.07) is 2.62. The number of benzene rings is 1. The monoisotopic (exact) mass is 302 g/mol. The molecule has 0 aromatic heterocycles. The van der Waals surface area contributed by atoms with Gasteiger partial charge in [0.2, 0.25) is 0 Å². The second-order valence-electron chi connectivity index (χ2n) is 4.35. The summed E-state index contributed by atoms with van der Waals surface area (Å²) in [6.45, 7) is 0.0676. The molecule has 7 heteroatoms. The Labute approximate surface area is 120 Å². The standard InChI is InChI=1S/C12H12Cl2N2O3/c13-9-4-11(12(16(18)19)5-10(9)14)15-8-2-1-7(3-8)6-17/h1-2,4-5,7-8,15,17H,3,6H2. The number of hydrogen-bond donors (Lipinski definition) is 2. The van der Waals surface area contributed by atoms with Gasteiger partial charge in [-0.05, 0) is 12.5 Å². The number of nitro groups is 1. The van der Waals surface area contributed by atoms with Gasteiger partial charge < -0.3 is 10.4 Å². The van der Waals surface area contributed by atoms with Crippen LogP contribution < -0.4 is 5.32 Å². The van der Waals surface area contributed by atoms with Crippen LogP contribution in [-0.2, 0) is 0 Å². The summed E-state index contributed by atoms with van der Waals surface area (Å²) in [5.41, 5.74) is 0.211. The third-order valence-electron chi connectivity index (χ3n) is 2.98. The molecule has 5 nitrogen and oxygen atoms in total. The average molecular weight is 303 g/mol. The van der Waals surface area contributed by atoms with Crippen molar-refractivity contribution in [2.24, 2.45) is 5.92 Å². The molecule has 0 amide bonds. The SMILES string of the molecule is O=[N+]([O-])c1cc(Cl)c(Cl)cc1NC1C=CC(CO)C1. The van der Waals surface area contributed by atoms with Crippen molar-refractivity contribution in [1.29, 1.82) is 0 Å². The van der Waals surface area contributed by atoms with Gasteiger partial charge in [0.25, 0.3) is 5.69 Å². The van der Waals surface area contributed by atoms with E-state index in [-0.39, 0.29) is 34.3 Å². The molecule has 0 heterocycles. The van der Waals surface area contributed by atoms with E-state index in [4.69, 9.17) is 28.3 Å². The van der Waals surface area contributed by atoms with E-state index in [1.54, 1.807) is 0 Å². The Kier molecular flexibility index (Phi) is 4.29. The van der Waals surface area contributed by atoms with Crippen molar-refractivity contribution in [1.82, 2.24) is 0 Å². The lowest BCUT2D eigenvalue weighted by atomic mass is 10.1. The van der Waals surface area contributed by atoms with Gasteiger partial charge in [0.1, 0.15) is 5.69 Å². The Morgan fingerprint density at radius 3 is 2.63 bits per heavy atom. The molecular weight excluding hydrogens is 291 g/mol. The fraction of sp³-hybridized carbons (Fsp3) is 0.333. The number of aliphatic hydroxyl groups excluding tert-OH is 1. The molecule has 2 rings (SSSR count). The second-order valence-corrected chi connectivity index (χ2v) is 5.17. The minimum Gasteiger partial charge on any atom is -0.396 e.